The number of amides is 3. The van der Waals surface area contributed by atoms with Gasteiger partial charge in [-0.05, 0) is 24.1 Å². The summed E-state index contributed by atoms with van der Waals surface area (Å²) in [5, 5.41) is 3.35. The maximum absolute atomic E-state index is 11.7. The SMILES string of the molecule is CC(=O)N(CCN)C(=O)NCCc1cccc(Cl)c1. The molecule has 5 nitrogen and oxygen atoms in total. The Morgan fingerprint density at radius 1 is 1.42 bits per heavy atom. The average Bonchev–Trinajstić information content (AvgIpc) is 2.35. The molecule has 0 atom stereocenters. The Morgan fingerprint density at radius 2 is 2.16 bits per heavy atom. The third-order valence-electron chi connectivity index (χ3n) is 2.56. The summed E-state index contributed by atoms with van der Waals surface area (Å²) in [7, 11) is 0. The zero-order valence-corrected chi connectivity index (χ0v) is 11.6. The summed E-state index contributed by atoms with van der Waals surface area (Å²) in [6.07, 6.45) is 0.653. The van der Waals surface area contributed by atoms with Gasteiger partial charge in [0.15, 0.2) is 0 Å². The highest BCUT2D eigenvalue weighted by molar-refractivity contribution is 6.30. The number of hydrogen-bond donors (Lipinski definition) is 2. The van der Waals surface area contributed by atoms with Gasteiger partial charge < -0.3 is 11.1 Å². The molecule has 0 radical (unpaired) electrons. The van der Waals surface area contributed by atoms with Crippen LogP contribution in [0.5, 0.6) is 0 Å². The van der Waals surface area contributed by atoms with Crippen molar-refractivity contribution in [1.29, 1.82) is 0 Å². The third kappa shape index (κ3) is 5.28. The zero-order chi connectivity index (χ0) is 14.3. The molecule has 3 amide bonds. The Balaban J connectivity index is 2.43. The Hall–Kier alpha value is -1.59. The van der Waals surface area contributed by atoms with Crippen LogP contribution in [0.2, 0.25) is 5.02 Å². The lowest BCUT2D eigenvalue weighted by Crippen LogP contribution is -2.45. The van der Waals surface area contributed by atoms with Gasteiger partial charge in [0.2, 0.25) is 5.91 Å². The second-order valence-electron chi connectivity index (χ2n) is 4.07. The van der Waals surface area contributed by atoms with E-state index in [1.165, 1.54) is 6.92 Å². The predicted molar refractivity (Wildman–Crippen MR) is 75.0 cm³/mol. The van der Waals surface area contributed by atoms with Crippen molar-refractivity contribution >= 4 is 23.5 Å². The van der Waals surface area contributed by atoms with E-state index in [0.717, 1.165) is 10.5 Å². The van der Waals surface area contributed by atoms with Crippen molar-refractivity contribution in [3.8, 4) is 0 Å². The number of urea groups is 1. The average molecular weight is 284 g/mol. The van der Waals surface area contributed by atoms with Crippen LogP contribution in [0.4, 0.5) is 4.79 Å². The number of nitrogens with two attached hydrogens (primary N) is 1. The van der Waals surface area contributed by atoms with Crippen LogP contribution < -0.4 is 11.1 Å². The normalized spacial score (nSPS) is 10.1. The van der Waals surface area contributed by atoms with Crippen molar-refractivity contribution in [2.24, 2.45) is 5.73 Å². The lowest BCUT2D eigenvalue weighted by molar-refractivity contribution is -0.125. The first-order valence-corrected chi connectivity index (χ1v) is 6.43. The Labute approximate surface area is 117 Å². The number of halogens is 1. The molecule has 0 aliphatic heterocycles. The molecule has 1 aromatic rings. The summed E-state index contributed by atoms with van der Waals surface area (Å²) in [6, 6.07) is 7.01. The molecule has 0 unspecified atom stereocenters. The maximum Gasteiger partial charge on any atom is 0.324 e. The molecule has 6 heteroatoms. The summed E-state index contributed by atoms with van der Waals surface area (Å²) < 4.78 is 0. The lowest BCUT2D eigenvalue weighted by atomic mass is 10.1. The monoisotopic (exact) mass is 283 g/mol. The van der Waals surface area contributed by atoms with Crippen molar-refractivity contribution < 1.29 is 9.59 Å². The van der Waals surface area contributed by atoms with Crippen LogP contribution in [0.1, 0.15) is 12.5 Å². The predicted octanol–water partition coefficient (Wildman–Crippen LogP) is 1.40. The molecule has 0 saturated heterocycles. The molecule has 0 fully saturated rings. The van der Waals surface area contributed by atoms with E-state index in [4.69, 9.17) is 17.3 Å². The second-order valence-corrected chi connectivity index (χ2v) is 4.51. The topological polar surface area (TPSA) is 75.4 Å². The minimum atomic E-state index is -0.417. The van der Waals surface area contributed by atoms with Crippen molar-refractivity contribution in [1.82, 2.24) is 10.2 Å². The molecule has 0 aliphatic carbocycles. The van der Waals surface area contributed by atoms with E-state index in [1.54, 1.807) is 6.07 Å². The summed E-state index contributed by atoms with van der Waals surface area (Å²) in [5.74, 6) is -0.314. The molecule has 19 heavy (non-hydrogen) atoms. The first kappa shape index (κ1) is 15.5. The van der Waals surface area contributed by atoms with E-state index in [-0.39, 0.29) is 19.0 Å². The van der Waals surface area contributed by atoms with Crippen molar-refractivity contribution in [2.75, 3.05) is 19.6 Å². The van der Waals surface area contributed by atoms with Gasteiger partial charge in [-0.1, -0.05) is 23.7 Å². The minimum Gasteiger partial charge on any atom is -0.337 e. The fourth-order valence-corrected chi connectivity index (χ4v) is 1.85. The van der Waals surface area contributed by atoms with Crippen molar-refractivity contribution in [3.05, 3.63) is 34.9 Å². The Bertz CT molecular complexity index is 451. The van der Waals surface area contributed by atoms with Crippen LogP contribution in [0.3, 0.4) is 0 Å². The molecule has 0 bridgehead atoms. The van der Waals surface area contributed by atoms with Crippen molar-refractivity contribution in [3.63, 3.8) is 0 Å². The van der Waals surface area contributed by atoms with Crippen LogP contribution in [-0.4, -0.2) is 36.5 Å². The van der Waals surface area contributed by atoms with Gasteiger partial charge >= 0.3 is 6.03 Å². The molecule has 0 heterocycles. The minimum absolute atomic E-state index is 0.221. The summed E-state index contributed by atoms with van der Waals surface area (Å²) >= 11 is 5.87. The van der Waals surface area contributed by atoms with E-state index in [0.29, 0.717) is 18.0 Å². The second kappa shape index (κ2) is 7.76. The van der Waals surface area contributed by atoms with Gasteiger partial charge in [-0.25, -0.2) is 4.79 Å². The smallest absolute Gasteiger partial charge is 0.324 e. The van der Waals surface area contributed by atoms with Gasteiger partial charge in [0.1, 0.15) is 0 Å². The van der Waals surface area contributed by atoms with Crippen LogP contribution >= 0.6 is 11.6 Å². The summed E-state index contributed by atoms with van der Waals surface area (Å²) in [4.78, 5) is 24.1. The maximum atomic E-state index is 11.7. The first-order chi connectivity index (χ1) is 9.04. The van der Waals surface area contributed by atoms with E-state index in [1.807, 2.05) is 18.2 Å². The number of nitrogens with one attached hydrogen (secondary N) is 1. The number of carbonyl (C=O) groups excluding carboxylic acids is 2. The molecule has 0 aliphatic rings. The highest BCUT2D eigenvalue weighted by Crippen LogP contribution is 2.10. The molecular weight excluding hydrogens is 266 g/mol. The third-order valence-corrected chi connectivity index (χ3v) is 2.79. The number of benzene rings is 1. The number of rotatable bonds is 5. The largest absolute Gasteiger partial charge is 0.337 e. The fourth-order valence-electron chi connectivity index (χ4n) is 1.63. The van der Waals surface area contributed by atoms with Gasteiger partial charge in [0.25, 0.3) is 0 Å². The van der Waals surface area contributed by atoms with Gasteiger partial charge in [-0.3, -0.25) is 9.69 Å². The van der Waals surface area contributed by atoms with Crippen molar-refractivity contribution in [2.45, 2.75) is 13.3 Å². The highest BCUT2D eigenvalue weighted by atomic mass is 35.5. The molecule has 1 rings (SSSR count). The number of nitrogens with zero attached hydrogens (tertiary/aromatic N) is 1. The van der Waals surface area contributed by atoms with E-state index in [2.05, 4.69) is 5.32 Å². The van der Waals surface area contributed by atoms with E-state index in [9.17, 15) is 9.59 Å². The van der Waals surface area contributed by atoms with Crippen LogP contribution in [0.25, 0.3) is 0 Å². The number of hydrogen-bond acceptors (Lipinski definition) is 3. The van der Waals surface area contributed by atoms with Gasteiger partial charge in [-0.2, -0.15) is 0 Å². The lowest BCUT2D eigenvalue weighted by Gasteiger charge is -2.18. The molecule has 0 spiro atoms. The zero-order valence-electron chi connectivity index (χ0n) is 10.9. The van der Waals surface area contributed by atoms with Gasteiger partial charge in [0, 0.05) is 31.6 Å². The van der Waals surface area contributed by atoms with E-state index < -0.39 is 6.03 Å². The van der Waals surface area contributed by atoms with E-state index >= 15 is 0 Å². The van der Waals surface area contributed by atoms with Crippen LogP contribution in [0, 0.1) is 0 Å². The Kier molecular flexibility index (Phi) is 6.32. The molecule has 104 valence electrons. The van der Waals surface area contributed by atoms with Gasteiger partial charge in [-0.15, -0.1) is 0 Å². The fraction of sp³-hybridized carbons (Fsp3) is 0.385. The first-order valence-electron chi connectivity index (χ1n) is 6.05. The van der Waals surface area contributed by atoms with Crippen LogP contribution in [-0.2, 0) is 11.2 Å². The number of imide groups is 1. The molecule has 1 aromatic carbocycles. The summed E-state index contributed by atoms with van der Waals surface area (Å²) in [5.41, 5.74) is 6.38. The standard InChI is InChI=1S/C13H18ClN3O2/c1-10(18)17(8-6-15)13(19)16-7-5-11-3-2-4-12(14)9-11/h2-4,9H,5-8,15H2,1H3,(H,16,19). The molecule has 3 N–H and O–H groups in total. The summed E-state index contributed by atoms with van der Waals surface area (Å²) in [6.45, 7) is 2.25. The van der Waals surface area contributed by atoms with Gasteiger partial charge in [0.05, 0.1) is 0 Å². The highest BCUT2D eigenvalue weighted by Gasteiger charge is 2.15. The molecular formula is C13H18ClN3O2. The molecule has 0 aromatic heterocycles. The quantitative estimate of drug-likeness (QED) is 0.858. The molecule has 0 saturated carbocycles. The van der Waals surface area contributed by atoms with Crippen LogP contribution in [0.15, 0.2) is 24.3 Å². The Morgan fingerprint density at radius 3 is 2.74 bits per heavy atom. The number of carbonyl (C=O) groups is 2.